The van der Waals surface area contributed by atoms with E-state index in [0.717, 1.165) is 23.1 Å². The molecule has 1 saturated heterocycles. The zero-order valence-corrected chi connectivity index (χ0v) is 12.3. The molecule has 20 heavy (non-hydrogen) atoms. The van der Waals surface area contributed by atoms with Crippen LogP contribution in [0.2, 0.25) is 0 Å². The fourth-order valence-electron chi connectivity index (χ4n) is 2.58. The van der Waals surface area contributed by atoms with E-state index in [4.69, 9.17) is 15.3 Å². The second-order valence-corrected chi connectivity index (χ2v) is 6.00. The highest BCUT2D eigenvalue weighted by molar-refractivity contribution is 7.16. The van der Waals surface area contributed by atoms with E-state index in [1.54, 1.807) is 11.3 Å². The molecule has 2 aromatic heterocycles. The number of rotatable bonds is 3. The molecule has 7 heteroatoms. The maximum Gasteiger partial charge on any atom is 0.241 e. The first-order valence-corrected chi connectivity index (χ1v) is 7.57. The van der Waals surface area contributed by atoms with Crippen LogP contribution in [0.15, 0.2) is 11.4 Å². The normalized spacial score (nSPS) is 26.6. The van der Waals surface area contributed by atoms with Gasteiger partial charge in [0, 0.05) is 12.8 Å². The molecule has 1 aliphatic heterocycles. The third-order valence-corrected chi connectivity index (χ3v) is 4.16. The van der Waals surface area contributed by atoms with Gasteiger partial charge in [-0.25, -0.2) is 10.8 Å². The molecule has 108 valence electrons. The predicted octanol–water partition coefficient (Wildman–Crippen LogP) is 2.31. The average Bonchev–Trinajstić information content (AvgIpc) is 2.85. The SMILES string of the molecule is CC1CC(Oc2nc(NN)nc3sccc23)CC(C)O1. The van der Waals surface area contributed by atoms with Gasteiger partial charge in [-0.05, 0) is 25.3 Å². The number of nitrogens with zero attached hydrogens (tertiary/aromatic N) is 2. The van der Waals surface area contributed by atoms with Crippen LogP contribution >= 0.6 is 11.3 Å². The van der Waals surface area contributed by atoms with Crippen molar-refractivity contribution in [3.63, 3.8) is 0 Å². The van der Waals surface area contributed by atoms with Crippen LogP contribution < -0.4 is 16.0 Å². The number of nitrogens with one attached hydrogen (secondary N) is 1. The first-order chi connectivity index (χ1) is 9.65. The van der Waals surface area contributed by atoms with E-state index in [-0.39, 0.29) is 18.3 Å². The van der Waals surface area contributed by atoms with Crippen molar-refractivity contribution in [3.05, 3.63) is 11.4 Å². The minimum Gasteiger partial charge on any atom is -0.474 e. The van der Waals surface area contributed by atoms with Gasteiger partial charge < -0.3 is 9.47 Å². The Hall–Kier alpha value is -1.44. The molecule has 1 aliphatic rings. The molecule has 0 spiro atoms. The molecule has 0 aliphatic carbocycles. The van der Waals surface area contributed by atoms with Gasteiger partial charge in [0.25, 0.3) is 0 Å². The summed E-state index contributed by atoms with van der Waals surface area (Å²) in [6.45, 7) is 4.14. The molecule has 0 radical (unpaired) electrons. The number of hydrogen-bond donors (Lipinski definition) is 2. The number of hydrazine groups is 1. The van der Waals surface area contributed by atoms with Crippen molar-refractivity contribution >= 4 is 27.5 Å². The summed E-state index contributed by atoms with van der Waals surface area (Å²) in [6.07, 6.45) is 2.25. The summed E-state index contributed by atoms with van der Waals surface area (Å²) >= 11 is 1.54. The van der Waals surface area contributed by atoms with Crippen LogP contribution in [0.25, 0.3) is 10.2 Å². The number of aromatic nitrogens is 2. The molecule has 3 N–H and O–H groups in total. The van der Waals surface area contributed by atoms with Gasteiger partial charge in [-0.3, -0.25) is 5.43 Å². The zero-order valence-electron chi connectivity index (χ0n) is 11.5. The highest BCUT2D eigenvalue weighted by Crippen LogP contribution is 2.31. The van der Waals surface area contributed by atoms with Crippen molar-refractivity contribution < 1.29 is 9.47 Å². The van der Waals surface area contributed by atoms with Crippen molar-refractivity contribution in [1.29, 1.82) is 0 Å². The summed E-state index contributed by atoms with van der Waals surface area (Å²) < 4.78 is 11.8. The van der Waals surface area contributed by atoms with Crippen LogP contribution in [0.3, 0.4) is 0 Å². The molecular weight excluding hydrogens is 276 g/mol. The van der Waals surface area contributed by atoms with Gasteiger partial charge in [0.2, 0.25) is 11.8 Å². The summed E-state index contributed by atoms with van der Waals surface area (Å²) in [4.78, 5) is 9.51. The van der Waals surface area contributed by atoms with Crippen molar-refractivity contribution in [2.24, 2.45) is 5.84 Å². The largest absolute Gasteiger partial charge is 0.474 e. The maximum absolute atomic E-state index is 6.09. The number of hydrogen-bond acceptors (Lipinski definition) is 7. The number of anilines is 1. The van der Waals surface area contributed by atoms with Gasteiger partial charge in [0.1, 0.15) is 10.9 Å². The average molecular weight is 294 g/mol. The van der Waals surface area contributed by atoms with Gasteiger partial charge in [-0.2, -0.15) is 4.98 Å². The Labute approximate surface area is 121 Å². The standard InChI is InChI=1S/C13H18N4O2S/c1-7-5-9(6-8(2)18-7)19-11-10-3-4-20-12(10)16-13(15-11)17-14/h3-4,7-9H,5-6,14H2,1-2H3,(H,15,16,17). The molecule has 0 bridgehead atoms. The number of fused-ring (bicyclic) bond motifs is 1. The van der Waals surface area contributed by atoms with E-state index < -0.39 is 0 Å². The maximum atomic E-state index is 6.09. The lowest BCUT2D eigenvalue weighted by Gasteiger charge is -2.32. The Bertz CT molecular complexity index is 593. The Morgan fingerprint density at radius 3 is 2.80 bits per heavy atom. The minimum atomic E-state index is 0.109. The molecule has 1 fully saturated rings. The van der Waals surface area contributed by atoms with Crippen molar-refractivity contribution in [2.45, 2.75) is 45.0 Å². The second-order valence-electron chi connectivity index (χ2n) is 5.10. The van der Waals surface area contributed by atoms with Gasteiger partial charge in [0.15, 0.2) is 0 Å². The van der Waals surface area contributed by atoms with Crippen LogP contribution in [-0.2, 0) is 4.74 Å². The zero-order chi connectivity index (χ0) is 14.1. The lowest BCUT2D eigenvalue weighted by molar-refractivity contribution is -0.0726. The molecule has 0 saturated carbocycles. The second kappa shape index (κ2) is 5.51. The summed E-state index contributed by atoms with van der Waals surface area (Å²) in [7, 11) is 0. The highest BCUT2D eigenvalue weighted by Gasteiger charge is 2.27. The fraction of sp³-hybridized carbons (Fsp3) is 0.538. The molecule has 3 rings (SSSR count). The summed E-state index contributed by atoms with van der Waals surface area (Å²) in [5.41, 5.74) is 2.48. The van der Waals surface area contributed by atoms with Gasteiger partial charge in [0.05, 0.1) is 17.6 Å². The quantitative estimate of drug-likeness (QED) is 0.668. The summed E-state index contributed by atoms with van der Waals surface area (Å²) in [6, 6.07) is 1.97. The summed E-state index contributed by atoms with van der Waals surface area (Å²) in [5, 5.41) is 2.91. The summed E-state index contributed by atoms with van der Waals surface area (Å²) in [5.74, 6) is 6.38. The topological polar surface area (TPSA) is 82.3 Å². The van der Waals surface area contributed by atoms with Crippen molar-refractivity contribution in [2.75, 3.05) is 5.43 Å². The number of ether oxygens (including phenoxy) is 2. The van der Waals surface area contributed by atoms with Crippen LogP contribution in [-0.4, -0.2) is 28.3 Å². The molecule has 3 heterocycles. The van der Waals surface area contributed by atoms with E-state index in [0.29, 0.717) is 11.8 Å². The van der Waals surface area contributed by atoms with E-state index >= 15 is 0 Å². The van der Waals surface area contributed by atoms with E-state index in [1.165, 1.54) is 0 Å². The van der Waals surface area contributed by atoms with Crippen LogP contribution in [0.1, 0.15) is 26.7 Å². The van der Waals surface area contributed by atoms with E-state index in [2.05, 4.69) is 29.2 Å². The molecule has 2 unspecified atom stereocenters. The molecule has 0 aromatic carbocycles. The first-order valence-electron chi connectivity index (χ1n) is 6.69. The molecule has 0 amide bonds. The number of nitrogens with two attached hydrogens (primary N) is 1. The Morgan fingerprint density at radius 2 is 2.10 bits per heavy atom. The first kappa shape index (κ1) is 13.5. The van der Waals surface area contributed by atoms with Crippen LogP contribution in [0.5, 0.6) is 5.88 Å². The molecule has 6 nitrogen and oxygen atoms in total. The van der Waals surface area contributed by atoms with Crippen LogP contribution in [0, 0.1) is 0 Å². The molecular formula is C13H18N4O2S. The Kier molecular flexibility index (Phi) is 3.73. The Morgan fingerprint density at radius 1 is 1.35 bits per heavy atom. The van der Waals surface area contributed by atoms with Gasteiger partial charge in [-0.1, -0.05) is 0 Å². The Balaban J connectivity index is 1.87. The monoisotopic (exact) mass is 294 g/mol. The van der Waals surface area contributed by atoms with Gasteiger partial charge >= 0.3 is 0 Å². The lowest BCUT2D eigenvalue weighted by atomic mass is 10.0. The van der Waals surface area contributed by atoms with Gasteiger partial charge in [-0.15, -0.1) is 11.3 Å². The van der Waals surface area contributed by atoms with E-state index in [1.807, 2.05) is 11.4 Å². The molecule has 2 atom stereocenters. The minimum absolute atomic E-state index is 0.109. The fourth-order valence-corrected chi connectivity index (χ4v) is 3.34. The third-order valence-electron chi connectivity index (χ3n) is 3.35. The van der Waals surface area contributed by atoms with Crippen molar-refractivity contribution in [3.8, 4) is 5.88 Å². The molecule has 2 aromatic rings. The van der Waals surface area contributed by atoms with Crippen LogP contribution in [0.4, 0.5) is 5.95 Å². The van der Waals surface area contributed by atoms with E-state index in [9.17, 15) is 0 Å². The lowest BCUT2D eigenvalue weighted by Crippen LogP contribution is -2.36. The van der Waals surface area contributed by atoms with Crippen molar-refractivity contribution in [1.82, 2.24) is 9.97 Å². The highest BCUT2D eigenvalue weighted by atomic mass is 32.1. The number of nitrogen functional groups attached to an aromatic ring is 1. The number of thiophene rings is 1. The third kappa shape index (κ3) is 2.70. The predicted molar refractivity (Wildman–Crippen MR) is 78.9 cm³/mol. The smallest absolute Gasteiger partial charge is 0.241 e.